The summed E-state index contributed by atoms with van der Waals surface area (Å²) in [7, 11) is 1.94. The predicted octanol–water partition coefficient (Wildman–Crippen LogP) is 3.00. The highest BCUT2D eigenvalue weighted by Gasteiger charge is 2.09. The lowest BCUT2D eigenvalue weighted by Crippen LogP contribution is -2.19. The van der Waals surface area contributed by atoms with Crippen LogP contribution in [0.1, 0.15) is 23.7 Å². The van der Waals surface area contributed by atoms with Gasteiger partial charge in [0.2, 0.25) is 0 Å². The number of nitrogens with zero attached hydrogens (tertiary/aromatic N) is 1. The first-order chi connectivity index (χ1) is 6.70. The summed E-state index contributed by atoms with van der Waals surface area (Å²) in [5, 5.41) is 0.630. The molecule has 0 saturated carbocycles. The summed E-state index contributed by atoms with van der Waals surface area (Å²) in [6, 6.07) is 5.37. The Labute approximate surface area is 89.5 Å². The Balaban J connectivity index is 3.09. The van der Waals surface area contributed by atoms with Gasteiger partial charge in [-0.05, 0) is 18.6 Å². The van der Waals surface area contributed by atoms with Gasteiger partial charge >= 0.3 is 0 Å². The zero-order valence-corrected chi connectivity index (χ0v) is 9.21. The number of hydrogen-bond donors (Lipinski definition) is 0. The minimum absolute atomic E-state index is 0.630. The maximum absolute atomic E-state index is 10.8. The molecule has 0 radical (unpaired) electrons. The molecule has 3 heteroatoms. The largest absolute Gasteiger partial charge is 0.373 e. The molecule has 0 aromatic heterocycles. The molecule has 0 aliphatic rings. The summed E-state index contributed by atoms with van der Waals surface area (Å²) >= 11 is 6.04. The highest BCUT2D eigenvalue weighted by molar-refractivity contribution is 6.33. The van der Waals surface area contributed by atoms with Crippen molar-refractivity contribution in [3.05, 3.63) is 28.8 Å². The molecule has 0 unspecified atom stereocenters. The highest BCUT2D eigenvalue weighted by Crippen LogP contribution is 2.27. The second kappa shape index (κ2) is 5.01. The van der Waals surface area contributed by atoms with Crippen LogP contribution < -0.4 is 4.90 Å². The average Bonchev–Trinajstić information content (AvgIpc) is 2.17. The quantitative estimate of drug-likeness (QED) is 0.714. The number of carbonyl (C=O) groups excluding carboxylic acids is 1. The van der Waals surface area contributed by atoms with Gasteiger partial charge in [-0.2, -0.15) is 0 Å². The van der Waals surface area contributed by atoms with Gasteiger partial charge in [0, 0.05) is 19.2 Å². The van der Waals surface area contributed by atoms with Crippen LogP contribution >= 0.6 is 11.6 Å². The molecule has 2 nitrogen and oxygen atoms in total. The van der Waals surface area contributed by atoms with Crippen molar-refractivity contribution in [2.24, 2.45) is 0 Å². The molecule has 0 amide bonds. The highest BCUT2D eigenvalue weighted by atomic mass is 35.5. The topological polar surface area (TPSA) is 20.3 Å². The molecular formula is C11H14ClNO. The molecule has 1 rings (SSSR count). The maximum atomic E-state index is 10.8. The van der Waals surface area contributed by atoms with Crippen LogP contribution in [-0.4, -0.2) is 19.9 Å². The number of hydrogen-bond acceptors (Lipinski definition) is 2. The van der Waals surface area contributed by atoms with Crippen molar-refractivity contribution in [1.29, 1.82) is 0 Å². The van der Waals surface area contributed by atoms with E-state index in [1.54, 1.807) is 18.2 Å². The Morgan fingerprint density at radius 3 is 2.79 bits per heavy atom. The molecule has 0 atom stereocenters. The van der Waals surface area contributed by atoms with E-state index in [0.717, 1.165) is 24.9 Å². The van der Waals surface area contributed by atoms with Crippen LogP contribution in [0.5, 0.6) is 0 Å². The molecule has 0 aliphatic heterocycles. The summed E-state index contributed by atoms with van der Waals surface area (Å²) in [5.41, 5.74) is 1.47. The van der Waals surface area contributed by atoms with E-state index in [9.17, 15) is 4.79 Å². The first-order valence-electron chi connectivity index (χ1n) is 4.65. The number of halogens is 1. The van der Waals surface area contributed by atoms with E-state index in [0.29, 0.717) is 10.6 Å². The standard InChI is InChI=1S/C11H14ClNO/c1-3-7-13(2)11-9(8-14)5-4-6-10(11)12/h4-6,8H,3,7H2,1-2H3. The second-order valence-electron chi connectivity index (χ2n) is 3.22. The third kappa shape index (κ3) is 2.26. The van der Waals surface area contributed by atoms with Crippen molar-refractivity contribution in [1.82, 2.24) is 0 Å². The van der Waals surface area contributed by atoms with Crippen molar-refractivity contribution in [2.75, 3.05) is 18.5 Å². The Bertz CT molecular complexity index is 325. The van der Waals surface area contributed by atoms with Crippen LogP contribution in [0.3, 0.4) is 0 Å². The van der Waals surface area contributed by atoms with Crippen LogP contribution in [0.15, 0.2) is 18.2 Å². The molecule has 14 heavy (non-hydrogen) atoms. The number of rotatable bonds is 4. The Morgan fingerprint density at radius 1 is 1.50 bits per heavy atom. The fourth-order valence-corrected chi connectivity index (χ4v) is 1.80. The molecule has 0 bridgehead atoms. The van der Waals surface area contributed by atoms with Gasteiger partial charge in [-0.15, -0.1) is 0 Å². The first-order valence-corrected chi connectivity index (χ1v) is 5.03. The van der Waals surface area contributed by atoms with Crippen molar-refractivity contribution < 1.29 is 4.79 Å². The third-order valence-corrected chi connectivity index (χ3v) is 2.39. The van der Waals surface area contributed by atoms with E-state index in [2.05, 4.69) is 6.92 Å². The minimum atomic E-state index is 0.630. The van der Waals surface area contributed by atoms with Gasteiger partial charge in [-0.25, -0.2) is 0 Å². The summed E-state index contributed by atoms with van der Waals surface area (Å²) in [6.45, 7) is 2.98. The van der Waals surface area contributed by atoms with Crippen LogP contribution in [0.4, 0.5) is 5.69 Å². The molecule has 0 heterocycles. The lowest BCUT2D eigenvalue weighted by molar-refractivity contribution is 0.112. The number of carbonyl (C=O) groups is 1. The van der Waals surface area contributed by atoms with Crippen molar-refractivity contribution >= 4 is 23.6 Å². The van der Waals surface area contributed by atoms with Crippen LogP contribution in [0.2, 0.25) is 5.02 Å². The molecule has 0 aliphatic carbocycles. The maximum Gasteiger partial charge on any atom is 0.152 e. The fourth-order valence-electron chi connectivity index (χ4n) is 1.48. The Morgan fingerprint density at radius 2 is 2.21 bits per heavy atom. The summed E-state index contributed by atoms with van der Waals surface area (Å²) in [4.78, 5) is 12.8. The molecule has 1 aromatic carbocycles. The van der Waals surface area contributed by atoms with Crippen molar-refractivity contribution in [3.63, 3.8) is 0 Å². The molecule has 0 fully saturated rings. The van der Waals surface area contributed by atoms with E-state index in [1.807, 2.05) is 11.9 Å². The van der Waals surface area contributed by atoms with Gasteiger partial charge in [0.25, 0.3) is 0 Å². The van der Waals surface area contributed by atoms with Crippen LogP contribution in [-0.2, 0) is 0 Å². The van der Waals surface area contributed by atoms with Gasteiger partial charge < -0.3 is 4.90 Å². The molecule has 0 N–H and O–H groups in total. The monoisotopic (exact) mass is 211 g/mol. The van der Waals surface area contributed by atoms with E-state index < -0.39 is 0 Å². The Hall–Kier alpha value is -1.02. The minimum Gasteiger partial charge on any atom is -0.373 e. The lowest BCUT2D eigenvalue weighted by Gasteiger charge is -2.21. The number of para-hydroxylation sites is 1. The predicted molar refractivity (Wildman–Crippen MR) is 60.4 cm³/mol. The third-order valence-electron chi connectivity index (χ3n) is 2.09. The SMILES string of the molecule is CCCN(C)c1c(Cl)cccc1C=O. The molecule has 76 valence electrons. The molecular weight excluding hydrogens is 198 g/mol. The average molecular weight is 212 g/mol. The van der Waals surface area contributed by atoms with Gasteiger partial charge in [0.15, 0.2) is 6.29 Å². The zero-order chi connectivity index (χ0) is 10.6. The van der Waals surface area contributed by atoms with E-state index in [1.165, 1.54) is 0 Å². The summed E-state index contributed by atoms with van der Waals surface area (Å²) in [6.07, 6.45) is 1.87. The normalized spacial score (nSPS) is 9.93. The van der Waals surface area contributed by atoms with E-state index in [4.69, 9.17) is 11.6 Å². The fraction of sp³-hybridized carbons (Fsp3) is 0.364. The first kappa shape index (κ1) is 11.1. The van der Waals surface area contributed by atoms with Gasteiger partial charge in [-0.1, -0.05) is 24.6 Å². The molecule has 1 aromatic rings. The van der Waals surface area contributed by atoms with Crippen LogP contribution in [0.25, 0.3) is 0 Å². The Kier molecular flexibility index (Phi) is 3.96. The van der Waals surface area contributed by atoms with Crippen LogP contribution in [0, 0.1) is 0 Å². The smallest absolute Gasteiger partial charge is 0.152 e. The second-order valence-corrected chi connectivity index (χ2v) is 3.62. The van der Waals surface area contributed by atoms with E-state index in [-0.39, 0.29) is 0 Å². The number of aldehydes is 1. The van der Waals surface area contributed by atoms with Crippen molar-refractivity contribution in [2.45, 2.75) is 13.3 Å². The number of anilines is 1. The van der Waals surface area contributed by atoms with Gasteiger partial charge in [-0.3, -0.25) is 4.79 Å². The lowest BCUT2D eigenvalue weighted by atomic mass is 10.2. The molecule has 0 saturated heterocycles. The number of benzene rings is 1. The summed E-state index contributed by atoms with van der Waals surface area (Å²) in [5.74, 6) is 0. The van der Waals surface area contributed by atoms with E-state index >= 15 is 0 Å². The zero-order valence-electron chi connectivity index (χ0n) is 8.46. The molecule has 0 spiro atoms. The van der Waals surface area contributed by atoms with Crippen molar-refractivity contribution in [3.8, 4) is 0 Å². The van der Waals surface area contributed by atoms with Gasteiger partial charge in [0.1, 0.15) is 0 Å². The van der Waals surface area contributed by atoms with Gasteiger partial charge in [0.05, 0.1) is 10.7 Å². The summed E-state index contributed by atoms with van der Waals surface area (Å²) < 4.78 is 0.